The summed E-state index contributed by atoms with van der Waals surface area (Å²) >= 11 is 1.76. The number of anilines is 2. The molecule has 5 aromatic rings. The first-order chi connectivity index (χ1) is 16.1. The molecule has 6 rings (SSSR count). The van der Waals surface area contributed by atoms with E-state index in [-0.39, 0.29) is 5.82 Å². The van der Waals surface area contributed by atoms with Crippen molar-refractivity contribution in [1.82, 2.24) is 19.9 Å². The molecular formula is C24H19N6O2S+. The number of nitrogens with one attached hydrogen (secondary N) is 1. The molecule has 0 radical (unpaired) electrons. The third-order valence-corrected chi connectivity index (χ3v) is 6.61. The molecule has 4 aromatic heterocycles. The van der Waals surface area contributed by atoms with Crippen LogP contribution in [0.5, 0.6) is 11.6 Å². The fourth-order valence-corrected chi connectivity index (χ4v) is 4.85. The van der Waals surface area contributed by atoms with Crippen LogP contribution in [0.4, 0.5) is 17.3 Å². The van der Waals surface area contributed by atoms with Gasteiger partial charge in [0.25, 0.3) is 0 Å². The molecule has 1 fully saturated rings. The Balaban J connectivity index is 1.38. The molecule has 162 valence electrons. The number of ether oxygens (including phenoxy) is 1. The molecule has 0 amide bonds. The molecule has 0 aliphatic heterocycles. The zero-order valence-corrected chi connectivity index (χ0v) is 18.5. The third-order valence-electron chi connectivity index (χ3n) is 5.43. The Morgan fingerprint density at radius 3 is 2.73 bits per heavy atom. The molecule has 0 bridgehead atoms. The van der Waals surface area contributed by atoms with Crippen LogP contribution in [0.1, 0.15) is 23.8 Å². The summed E-state index contributed by atoms with van der Waals surface area (Å²) in [5.74, 6) is 2.06. The summed E-state index contributed by atoms with van der Waals surface area (Å²) in [7, 11) is 1.38. The fourth-order valence-electron chi connectivity index (χ4n) is 3.67. The highest BCUT2D eigenvalue weighted by molar-refractivity contribution is 7.18. The second kappa shape index (κ2) is 7.86. The smallest absolute Gasteiger partial charge is 0.403 e. The number of aromatic nitrogens is 4. The number of pyridine rings is 3. The van der Waals surface area contributed by atoms with Gasteiger partial charge in [-0.15, -0.1) is 11.3 Å². The molecule has 4 heterocycles. The summed E-state index contributed by atoms with van der Waals surface area (Å²) in [6.07, 6.45) is 5.74. The zero-order valence-electron chi connectivity index (χ0n) is 17.7. The van der Waals surface area contributed by atoms with Gasteiger partial charge in [0.15, 0.2) is 0 Å². The maximum absolute atomic E-state index is 11.9. The van der Waals surface area contributed by atoms with Crippen molar-refractivity contribution in [3.05, 3.63) is 70.8 Å². The van der Waals surface area contributed by atoms with Gasteiger partial charge < -0.3 is 10.1 Å². The number of fused-ring (bicyclic) bond motifs is 2. The highest BCUT2D eigenvalue weighted by Crippen LogP contribution is 2.43. The number of nitrogens with zero attached hydrogens (tertiary/aromatic N) is 5. The monoisotopic (exact) mass is 455 g/mol. The normalized spacial score (nSPS) is 13.4. The second-order valence-electron chi connectivity index (χ2n) is 7.94. The van der Waals surface area contributed by atoms with Crippen molar-refractivity contribution in [1.29, 1.82) is 0 Å². The molecule has 1 saturated carbocycles. The van der Waals surface area contributed by atoms with Gasteiger partial charge in [0.1, 0.15) is 19.1 Å². The number of rotatable bonds is 6. The predicted molar refractivity (Wildman–Crippen MR) is 128 cm³/mol. The van der Waals surface area contributed by atoms with Crippen molar-refractivity contribution in [3.8, 4) is 11.6 Å². The Hall–Kier alpha value is -3.98. The Kier molecular flexibility index (Phi) is 4.69. The maximum Gasteiger partial charge on any atom is 0.403 e. The summed E-state index contributed by atoms with van der Waals surface area (Å²) < 4.78 is 7.77. The number of hydrogen-bond donors (Lipinski definition) is 1. The van der Waals surface area contributed by atoms with E-state index in [0.717, 1.165) is 26.8 Å². The van der Waals surface area contributed by atoms with Crippen LogP contribution in [-0.4, -0.2) is 31.7 Å². The lowest BCUT2D eigenvalue weighted by molar-refractivity contribution is -0.433. The lowest BCUT2D eigenvalue weighted by atomic mass is 10.2. The van der Waals surface area contributed by atoms with Gasteiger partial charge in [-0.05, 0) is 65.1 Å². The van der Waals surface area contributed by atoms with E-state index < -0.39 is 0 Å². The van der Waals surface area contributed by atoms with Crippen molar-refractivity contribution in [2.75, 3.05) is 12.4 Å². The highest BCUT2D eigenvalue weighted by atomic mass is 32.1. The lowest BCUT2D eigenvalue weighted by Crippen LogP contribution is -2.00. The molecule has 1 aliphatic carbocycles. The van der Waals surface area contributed by atoms with Crippen molar-refractivity contribution >= 4 is 49.8 Å². The van der Waals surface area contributed by atoms with Crippen molar-refractivity contribution in [3.63, 3.8) is 0 Å². The van der Waals surface area contributed by atoms with E-state index in [0.29, 0.717) is 28.1 Å². The van der Waals surface area contributed by atoms with Crippen molar-refractivity contribution in [2.24, 2.45) is 0 Å². The van der Waals surface area contributed by atoms with Gasteiger partial charge in [-0.3, -0.25) is 4.98 Å². The molecular weight excluding hydrogens is 436 g/mol. The molecule has 1 N–H and O–H groups in total. The molecule has 0 unspecified atom stereocenters. The van der Waals surface area contributed by atoms with Crippen LogP contribution in [-0.2, 0) is 0 Å². The summed E-state index contributed by atoms with van der Waals surface area (Å²) in [6, 6.07) is 15.1. The van der Waals surface area contributed by atoms with Crippen LogP contribution in [0.15, 0.2) is 60.9 Å². The molecule has 33 heavy (non-hydrogen) atoms. The summed E-state index contributed by atoms with van der Waals surface area (Å²) in [6.45, 7) is 0. The van der Waals surface area contributed by atoms with Crippen LogP contribution in [0, 0.1) is 4.91 Å². The first kappa shape index (κ1) is 19.7. The predicted octanol–water partition coefficient (Wildman–Crippen LogP) is 6.09. The Labute approximate surface area is 192 Å². The topological polar surface area (TPSA) is 92.9 Å². The second-order valence-corrected chi connectivity index (χ2v) is 9.00. The van der Waals surface area contributed by atoms with Gasteiger partial charge in [-0.1, -0.05) is 4.91 Å². The standard InChI is InChI=1S/C24H19N6O2S/c1-30(31)23-19(5-3-11-26-23)32-21-13-18-16(4-2-10-25-18)22(29-21)27-15-8-9-17-20(12-15)33-24(28-17)14-6-7-14/h2-5,8-14H,6-7H2,1H3,(H,27,29)/q+1. The minimum absolute atomic E-state index is 0.178. The largest absolute Gasteiger partial charge is 0.430 e. The van der Waals surface area contributed by atoms with Gasteiger partial charge in [-0.2, -0.15) is 4.98 Å². The molecule has 0 spiro atoms. The van der Waals surface area contributed by atoms with Gasteiger partial charge >= 0.3 is 5.82 Å². The van der Waals surface area contributed by atoms with Gasteiger partial charge in [-0.25, -0.2) is 4.98 Å². The highest BCUT2D eigenvalue weighted by Gasteiger charge is 2.27. The quantitative estimate of drug-likeness (QED) is 0.310. The third kappa shape index (κ3) is 3.87. The van der Waals surface area contributed by atoms with Crippen molar-refractivity contribution < 1.29 is 9.50 Å². The molecule has 0 saturated heterocycles. The van der Waals surface area contributed by atoms with Gasteiger partial charge in [0.2, 0.25) is 11.6 Å². The minimum Gasteiger partial charge on any atom is -0.430 e. The average Bonchev–Trinajstić information content (AvgIpc) is 3.58. The Morgan fingerprint density at radius 1 is 1.03 bits per heavy atom. The lowest BCUT2D eigenvalue weighted by Gasteiger charge is -2.11. The van der Waals surface area contributed by atoms with Gasteiger partial charge in [0, 0.05) is 29.3 Å². The van der Waals surface area contributed by atoms with Gasteiger partial charge in [0.05, 0.1) is 20.7 Å². The van der Waals surface area contributed by atoms with E-state index in [4.69, 9.17) is 9.72 Å². The summed E-state index contributed by atoms with van der Waals surface area (Å²) in [5, 5.41) is 5.50. The van der Waals surface area contributed by atoms with Crippen molar-refractivity contribution in [2.45, 2.75) is 18.8 Å². The van der Waals surface area contributed by atoms with Crippen LogP contribution < -0.4 is 10.1 Å². The first-order valence-electron chi connectivity index (χ1n) is 10.6. The molecule has 0 atom stereocenters. The van der Waals surface area contributed by atoms with E-state index in [1.165, 1.54) is 24.9 Å². The first-order valence-corrected chi connectivity index (χ1v) is 11.4. The van der Waals surface area contributed by atoms with E-state index in [9.17, 15) is 4.91 Å². The van der Waals surface area contributed by atoms with Crippen LogP contribution >= 0.6 is 11.3 Å². The zero-order chi connectivity index (χ0) is 22.4. The Morgan fingerprint density at radius 2 is 1.88 bits per heavy atom. The minimum atomic E-state index is 0.178. The Bertz CT molecular complexity index is 1530. The SMILES string of the molecule is C[N+](=O)c1ncccc1Oc1cc2ncccc2c(Nc2ccc3nc(C4CC4)sc3c2)n1. The maximum atomic E-state index is 11.9. The molecule has 1 aromatic carbocycles. The number of thiazole rings is 1. The molecule has 8 nitrogen and oxygen atoms in total. The van der Waals surface area contributed by atoms with E-state index in [1.807, 2.05) is 24.3 Å². The summed E-state index contributed by atoms with van der Waals surface area (Å²) in [5.41, 5.74) is 2.65. The van der Waals surface area contributed by atoms with Crippen LogP contribution in [0.2, 0.25) is 0 Å². The van der Waals surface area contributed by atoms with Crippen LogP contribution in [0.3, 0.4) is 0 Å². The number of nitroso groups, excluding NO2 is 1. The summed E-state index contributed by atoms with van der Waals surface area (Å²) in [4.78, 5) is 29.9. The van der Waals surface area contributed by atoms with Crippen LogP contribution in [0.25, 0.3) is 21.1 Å². The number of benzene rings is 1. The van der Waals surface area contributed by atoms with E-state index >= 15 is 0 Å². The average molecular weight is 456 g/mol. The fraction of sp³-hybridized carbons (Fsp3) is 0.167. The van der Waals surface area contributed by atoms with E-state index in [1.54, 1.807) is 41.9 Å². The molecule has 9 heteroatoms. The van der Waals surface area contributed by atoms with E-state index in [2.05, 4.69) is 26.3 Å². The number of hydrogen-bond acceptors (Lipinski definition) is 8. The molecule has 1 aliphatic rings.